The molecule has 0 saturated heterocycles. The van der Waals surface area contributed by atoms with Crippen molar-refractivity contribution in [2.45, 2.75) is 32.7 Å². The Balaban J connectivity index is 1.63. The number of H-pyrrole nitrogens is 1. The number of nitrogens with zero attached hydrogens (tertiary/aromatic N) is 1. The minimum Gasteiger partial charge on any atom is -0.494 e. The summed E-state index contributed by atoms with van der Waals surface area (Å²) in [5, 5.41) is 10.1. The molecular formula is C22H25N3O2. The average molecular weight is 363 g/mol. The third-order valence-electron chi connectivity index (χ3n) is 4.39. The van der Waals surface area contributed by atoms with Crippen molar-refractivity contribution in [3.05, 3.63) is 71.9 Å². The van der Waals surface area contributed by atoms with E-state index in [1.54, 1.807) is 6.07 Å². The number of rotatable bonds is 8. The lowest BCUT2D eigenvalue weighted by molar-refractivity contribution is 0.0935. The molecule has 1 aromatic heterocycles. The van der Waals surface area contributed by atoms with Crippen molar-refractivity contribution in [2.75, 3.05) is 6.61 Å². The van der Waals surface area contributed by atoms with E-state index in [1.807, 2.05) is 61.5 Å². The van der Waals surface area contributed by atoms with Crippen molar-refractivity contribution < 1.29 is 9.53 Å². The first-order valence-electron chi connectivity index (χ1n) is 9.32. The van der Waals surface area contributed by atoms with E-state index >= 15 is 0 Å². The first kappa shape index (κ1) is 18.7. The topological polar surface area (TPSA) is 67.0 Å². The van der Waals surface area contributed by atoms with E-state index in [1.165, 1.54) is 0 Å². The van der Waals surface area contributed by atoms with Crippen LogP contribution in [0.1, 0.15) is 48.8 Å². The maximum Gasteiger partial charge on any atom is 0.269 e. The Morgan fingerprint density at radius 2 is 1.89 bits per heavy atom. The third kappa shape index (κ3) is 4.97. The molecule has 3 aromatic rings. The Morgan fingerprint density at radius 3 is 2.59 bits per heavy atom. The van der Waals surface area contributed by atoms with Gasteiger partial charge in [-0.2, -0.15) is 5.10 Å². The molecule has 0 aliphatic rings. The van der Waals surface area contributed by atoms with Gasteiger partial charge in [-0.3, -0.25) is 9.89 Å². The Kier molecular flexibility index (Phi) is 6.26. The highest BCUT2D eigenvalue weighted by atomic mass is 16.5. The second kappa shape index (κ2) is 9.03. The molecule has 1 atom stereocenters. The maximum absolute atomic E-state index is 12.5. The van der Waals surface area contributed by atoms with Gasteiger partial charge in [0.25, 0.3) is 5.91 Å². The Labute approximate surface area is 159 Å². The molecule has 2 N–H and O–H groups in total. The molecule has 5 heteroatoms. The van der Waals surface area contributed by atoms with Crippen LogP contribution in [0.15, 0.2) is 60.7 Å². The maximum atomic E-state index is 12.5. The van der Waals surface area contributed by atoms with E-state index in [0.717, 1.165) is 42.0 Å². The normalized spacial score (nSPS) is 11.8. The van der Waals surface area contributed by atoms with Gasteiger partial charge in [-0.1, -0.05) is 43.7 Å². The standard InChI is InChI=1S/C22H25N3O2/c1-3-4-14-27-19-12-10-18(11-13-19)20-15-21(25-24-20)22(26)23-16(2)17-8-6-5-7-9-17/h5-13,15-16H,3-4,14H2,1-2H3,(H,23,26)(H,24,25)/t16-/m0/s1. The summed E-state index contributed by atoms with van der Waals surface area (Å²) >= 11 is 0. The summed E-state index contributed by atoms with van der Waals surface area (Å²) in [5.41, 5.74) is 3.16. The van der Waals surface area contributed by atoms with E-state index in [2.05, 4.69) is 22.4 Å². The molecular weight excluding hydrogens is 338 g/mol. The van der Waals surface area contributed by atoms with Gasteiger partial charge in [0, 0.05) is 5.56 Å². The lowest BCUT2D eigenvalue weighted by Gasteiger charge is -2.13. The monoisotopic (exact) mass is 363 g/mol. The van der Waals surface area contributed by atoms with Gasteiger partial charge in [0.1, 0.15) is 11.4 Å². The molecule has 5 nitrogen and oxygen atoms in total. The highest BCUT2D eigenvalue weighted by Crippen LogP contribution is 2.22. The summed E-state index contributed by atoms with van der Waals surface area (Å²) in [6, 6.07) is 19.3. The lowest BCUT2D eigenvalue weighted by atomic mass is 10.1. The number of hydrogen-bond donors (Lipinski definition) is 2. The molecule has 0 fully saturated rings. The van der Waals surface area contributed by atoms with Crippen LogP contribution in [0.5, 0.6) is 5.75 Å². The van der Waals surface area contributed by atoms with E-state index in [0.29, 0.717) is 5.69 Å². The summed E-state index contributed by atoms with van der Waals surface area (Å²) in [6.07, 6.45) is 2.15. The molecule has 2 aromatic carbocycles. The lowest BCUT2D eigenvalue weighted by Crippen LogP contribution is -2.26. The smallest absolute Gasteiger partial charge is 0.269 e. The zero-order valence-electron chi connectivity index (χ0n) is 15.7. The second-order valence-corrected chi connectivity index (χ2v) is 6.50. The number of hydrogen-bond acceptors (Lipinski definition) is 3. The number of nitrogens with one attached hydrogen (secondary N) is 2. The number of carbonyl (C=O) groups is 1. The number of carbonyl (C=O) groups excluding carboxylic acids is 1. The third-order valence-corrected chi connectivity index (χ3v) is 4.39. The van der Waals surface area contributed by atoms with Crippen molar-refractivity contribution >= 4 is 5.91 Å². The Bertz CT molecular complexity index is 857. The van der Waals surface area contributed by atoms with E-state index in [9.17, 15) is 4.79 Å². The number of benzene rings is 2. The molecule has 0 radical (unpaired) electrons. The minimum absolute atomic E-state index is 0.0787. The number of aromatic amines is 1. The van der Waals surface area contributed by atoms with Crippen LogP contribution in [0.25, 0.3) is 11.3 Å². The Hall–Kier alpha value is -3.08. The fourth-order valence-corrected chi connectivity index (χ4v) is 2.74. The van der Waals surface area contributed by atoms with E-state index < -0.39 is 0 Å². The number of ether oxygens (including phenoxy) is 1. The van der Waals surface area contributed by atoms with Gasteiger partial charge < -0.3 is 10.1 Å². The van der Waals surface area contributed by atoms with Crippen LogP contribution in [0, 0.1) is 0 Å². The minimum atomic E-state index is -0.176. The van der Waals surface area contributed by atoms with Crippen LogP contribution in [0.4, 0.5) is 0 Å². The van der Waals surface area contributed by atoms with Gasteiger partial charge in [-0.25, -0.2) is 0 Å². The molecule has 0 aliphatic heterocycles. The van der Waals surface area contributed by atoms with Gasteiger partial charge in [0.05, 0.1) is 18.3 Å². The van der Waals surface area contributed by atoms with Gasteiger partial charge in [0.2, 0.25) is 0 Å². The summed E-state index contributed by atoms with van der Waals surface area (Å²) in [5.74, 6) is 0.669. The highest BCUT2D eigenvalue weighted by Gasteiger charge is 2.14. The van der Waals surface area contributed by atoms with Crippen molar-refractivity contribution in [2.24, 2.45) is 0 Å². The van der Waals surface area contributed by atoms with E-state index in [4.69, 9.17) is 4.74 Å². The van der Waals surface area contributed by atoms with Gasteiger partial charge in [0.15, 0.2) is 0 Å². The summed E-state index contributed by atoms with van der Waals surface area (Å²) < 4.78 is 5.67. The van der Waals surface area contributed by atoms with Crippen LogP contribution in [-0.2, 0) is 0 Å². The molecule has 1 heterocycles. The Morgan fingerprint density at radius 1 is 1.15 bits per heavy atom. The zero-order valence-corrected chi connectivity index (χ0v) is 15.7. The molecule has 0 unspecified atom stereocenters. The second-order valence-electron chi connectivity index (χ2n) is 6.50. The van der Waals surface area contributed by atoms with Crippen LogP contribution in [-0.4, -0.2) is 22.7 Å². The highest BCUT2D eigenvalue weighted by molar-refractivity contribution is 5.93. The van der Waals surface area contributed by atoms with E-state index in [-0.39, 0.29) is 11.9 Å². The van der Waals surface area contributed by atoms with Gasteiger partial charge in [-0.05, 0) is 49.2 Å². The fraction of sp³-hybridized carbons (Fsp3) is 0.273. The average Bonchev–Trinajstić information content (AvgIpc) is 3.20. The molecule has 27 heavy (non-hydrogen) atoms. The van der Waals surface area contributed by atoms with Gasteiger partial charge in [-0.15, -0.1) is 0 Å². The molecule has 3 rings (SSSR count). The van der Waals surface area contributed by atoms with Gasteiger partial charge >= 0.3 is 0 Å². The van der Waals surface area contributed by atoms with Crippen LogP contribution < -0.4 is 10.1 Å². The molecule has 0 saturated carbocycles. The number of aromatic nitrogens is 2. The van der Waals surface area contributed by atoms with Crippen molar-refractivity contribution in [3.63, 3.8) is 0 Å². The first-order chi connectivity index (χ1) is 13.2. The molecule has 1 amide bonds. The van der Waals surface area contributed by atoms with Crippen LogP contribution in [0.2, 0.25) is 0 Å². The molecule has 0 bridgehead atoms. The molecule has 140 valence electrons. The summed E-state index contributed by atoms with van der Waals surface area (Å²) in [6.45, 7) is 4.82. The van der Waals surface area contributed by atoms with Crippen LogP contribution in [0.3, 0.4) is 0 Å². The number of unbranched alkanes of at least 4 members (excludes halogenated alkanes) is 1. The molecule has 0 aliphatic carbocycles. The first-order valence-corrected chi connectivity index (χ1v) is 9.32. The molecule has 0 spiro atoms. The predicted octanol–water partition coefficient (Wildman–Crippen LogP) is 4.75. The largest absolute Gasteiger partial charge is 0.494 e. The van der Waals surface area contributed by atoms with Crippen LogP contribution >= 0.6 is 0 Å². The number of amides is 1. The predicted molar refractivity (Wildman–Crippen MR) is 107 cm³/mol. The van der Waals surface area contributed by atoms with Crippen molar-refractivity contribution in [1.82, 2.24) is 15.5 Å². The SMILES string of the molecule is CCCCOc1ccc(-c2cc(C(=O)N[C@@H](C)c3ccccc3)[nH]n2)cc1. The zero-order chi connectivity index (χ0) is 19.1. The fourth-order valence-electron chi connectivity index (χ4n) is 2.74. The van der Waals surface area contributed by atoms with Crippen molar-refractivity contribution in [1.29, 1.82) is 0 Å². The quantitative estimate of drug-likeness (QED) is 0.568. The van der Waals surface area contributed by atoms with Crippen molar-refractivity contribution in [3.8, 4) is 17.0 Å². The summed E-state index contributed by atoms with van der Waals surface area (Å²) in [7, 11) is 0. The summed E-state index contributed by atoms with van der Waals surface area (Å²) in [4.78, 5) is 12.5.